The minimum Gasteiger partial charge on any atom is -0.484 e. The number of carbonyl (C=O) groups excluding carboxylic acids is 3. The summed E-state index contributed by atoms with van der Waals surface area (Å²) in [5.41, 5.74) is 7.42. The Bertz CT molecular complexity index is 1460. The average molecular weight is 601 g/mol. The average Bonchev–Trinajstić information content (AvgIpc) is 3.53. The SMILES string of the molecule is Cc1c(COc2c(F)cc(Cl)c3c2[C@@H](CN2CC4(CC4)CC2=O)N(C(=O)[C@@H]2CCCC[C@]2(C)C(N)=O)CC3)nnn1C. The highest BCUT2D eigenvalue weighted by atomic mass is 35.5. The summed E-state index contributed by atoms with van der Waals surface area (Å²) in [5, 5.41) is 8.41. The van der Waals surface area contributed by atoms with Gasteiger partial charge in [-0.2, -0.15) is 0 Å². The molecule has 1 spiro atoms. The first-order chi connectivity index (χ1) is 19.9. The van der Waals surface area contributed by atoms with E-state index in [-0.39, 0.29) is 41.2 Å². The molecule has 12 heteroatoms. The monoisotopic (exact) mass is 600 g/mol. The Morgan fingerprint density at radius 1 is 1.26 bits per heavy atom. The molecule has 226 valence electrons. The van der Waals surface area contributed by atoms with Crippen molar-refractivity contribution < 1.29 is 23.5 Å². The molecule has 3 fully saturated rings. The number of benzene rings is 1. The molecular formula is C30H38ClFN6O4. The molecule has 2 aliphatic heterocycles. The molecule has 3 atom stereocenters. The van der Waals surface area contributed by atoms with Crippen LogP contribution in [0, 0.1) is 29.5 Å². The fourth-order valence-corrected chi connectivity index (χ4v) is 7.52. The zero-order valence-electron chi connectivity index (χ0n) is 24.4. The lowest BCUT2D eigenvalue weighted by Crippen LogP contribution is -2.54. The highest BCUT2D eigenvalue weighted by Gasteiger charge is 2.53. The molecule has 2 N–H and O–H groups in total. The second-order valence-corrected chi connectivity index (χ2v) is 13.3. The van der Waals surface area contributed by atoms with Crippen molar-refractivity contribution in [2.24, 2.45) is 29.5 Å². The highest BCUT2D eigenvalue weighted by Crippen LogP contribution is 2.54. The molecule has 2 saturated carbocycles. The maximum absolute atomic E-state index is 15.8. The Labute approximate surface area is 249 Å². The molecule has 3 heterocycles. The van der Waals surface area contributed by atoms with Gasteiger partial charge in [-0.25, -0.2) is 4.39 Å². The first-order valence-electron chi connectivity index (χ1n) is 14.8. The van der Waals surface area contributed by atoms with Gasteiger partial charge in [-0.3, -0.25) is 19.1 Å². The summed E-state index contributed by atoms with van der Waals surface area (Å²) in [7, 11) is 1.76. The molecule has 1 saturated heterocycles. The molecule has 1 aromatic carbocycles. The number of carbonyl (C=O) groups is 3. The lowest BCUT2D eigenvalue weighted by atomic mass is 9.66. The van der Waals surface area contributed by atoms with E-state index in [1.54, 1.807) is 28.5 Å². The van der Waals surface area contributed by atoms with Crippen molar-refractivity contribution in [1.82, 2.24) is 24.8 Å². The van der Waals surface area contributed by atoms with Gasteiger partial charge in [0.1, 0.15) is 12.3 Å². The smallest absolute Gasteiger partial charge is 0.227 e. The summed E-state index contributed by atoms with van der Waals surface area (Å²) in [4.78, 5) is 43.8. The molecule has 2 aromatic rings. The van der Waals surface area contributed by atoms with Crippen LogP contribution in [0.15, 0.2) is 6.07 Å². The van der Waals surface area contributed by atoms with Gasteiger partial charge in [0, 0.05) is 43.7 Å². The standard InChI is InChI=1S/C30H38ClFN6O4/c1-17-22(34-35-36(17)3)15-42-26-21(32)12-20(31)18-7-11-38(27(40)19-6-4-5-8-29(19,2)28(33)41)23(25(18)26)14-37-16-30(9-10-30)13-24(37)39/h12,19,23H,4-11,13-16H2,1-3H3,(H2,33,41)/t19-,23+,29-/m0/s1. The quantitative estimate of drug-likeness (QED) is 0.518. The second kappa shape index (κ2) is 10.5. The molecule has 10 nitrogen and oxygen atoms in total. The number of aromatic nitrogens is 3. The number of primary amides is 1. The number of nitrogens with zero attached hydrogens (tertiary/aromatic N) is 5. The van der Waals surface area contributed by atoms with Gasteiger partial charge >= 0.3 is 0 Å². The van der Waals surface area contributed by atoms with Crippen molar-refractivity contribution in [1.29, 1.82) is 0 Å². The van der Waals surface area contributed by atoms with Crippen molar-refractivity contribution in [3.05, 3.63) is 39.4 Å². The molecule has 3 amide bonds. The van der Waals surface area contributed by atoms with E-state index in [4.69, 9.17) is 22.1 Å². The molecule has 4 aliphatic rings. The third kappa shape index (κ3) is 4.83. The zero-order valence-corrected chi connectivity index (χ0v) is 25.2. The number of likely N-dealkylation sites (tertiary alicyclic amines) is 1. The number of nitrogens with two attached hydrogens (primary N) is 1. The Kier molecular flexibility index (Phi) is 7.22. The van der Waals surface area contributed by atoms with Crippen LogP contribution in [0.4, 0.5) is 4.39 Å². The van der Waals surface area contributed by atoms with Gasteiger partial charge in [0.05, 0.1) is 23.1 Å². The van der Waals surface area contributed by atoms with E-state index in [1.807, 2.05) is 6.92 Å². The van der Waals surface area contributed by atoms with Crippen LogP contribution < -0.4 is 10.5 Å². The molecule has 6 rings (SSSR count). The summed E-state index contributed by atoms with van der Waals surface area (Å²) < 4.78 is 23.5. The second-order valence-electron chi connectivity index (χ2n) is 12.9. The van der Waals surface area contributed by atoms with E-state index in [0.29, 0.717) is 55.6 Å². The van der Waals surface area contributed by atoms with Crippen molar-refractivity contribution in [3.63, 3.8) is 0 Å². The van der Waals surface area contributed by atoms with E-state index in [0.717, 1.165) is 31.4 Å². The highest BCUT2D eigenvalue weighted by molar-refractivity contribution is 6.31. The largest absolute Gasteiger partial charge is 0.484 e. The molecule has 0 unspecified atom stereocenters. The number of rotatable bonds is 7. The maximum Gasteiger partial charge on any atom is 0.227 e. The topological polar surface area (TPSA) is 124 Å². The number of hydrogen-bond acceptors (Lipinski definition) is 6. The molecule has 0 radical (unpaired) electrons. The summed E-state index contributed by atoms with van der Waals surface area (Å²) in [5.74, 6) is -1.91. The number of ether oxygens (including phenoxy) is 1. The normalized spacial score (nSPS) is 26.5. The molecule has 0 bridgehead atoms. The predicted octanol–water partition coefficient (Wildman–Crippen LogP) is 3.62. The van der Waals surface area contributed by atoms with Crippen LogP contribution in [-0.4, -0.2) is 62.1 Å². The fourth-order valence-electron chi connectivity index (χ4n) is 7.22. The van der Waals surface area contributed by atoms with Crippen LogP contribution in [-0.2, 0) is 34.5 Å². The molecule has 42 heavy (non-hydrogen) atoms. The van der Waals surface area contributed by atoms with Gasteiger partial charge in [-0.15, -0.1) is 5.10 Å². The van der Waals surface area contributed by atoms with Gasteiger partial charge in [0.2, 0.25) is 17.7 Å². The van der Waals surface area contributed by atoms with E-state index < -0.39 is 29.1 Å². The first kappa shape index (κ1) is 28.9. The van der Waals surface area contributed by atoms with Gasteiger partial charge in [-0.1, -0.05) is 29.7 Å². The van der Waals surface area contributed by atoms with Gasteiger partial charge in [0.25, 0.3) is 0 Å². The third-order valence-electron chi connectivity index (χ3n) is 10.3. The maximum atomic E-state index is 15.8. The minimum atomic E-state index is -0.982. The van der Waals surface area contributed by atoms with Crippen molar-refractivity contribution in [3.8, 4) is 5.75 Å². The summed E-state index contributed by atoms with van der Waals surface area (Å²) >= 11 is 6.63. The molecule has 1 aromatic heterocycles. The number of fused-ring (bicyclic) bond motifs is 1. The van der Waals surface area contributed by atoms with E-state index in [9.17, 15) is 14.4 Å². The van der Waals surface area contributed by atoms with Crippen LogP contribution >= 0.6 is 11.6 Å². The number of hydrogen-bond donors (Lipinski definition) is 1. The van der Waals surface area contributed by atoms with Crippen molar-refractivity contribution >= 4 is 29.3 Å². The van der Waals surface area contributed by atoms with Gasteiger partial charge in [-0.05, 0) is 63.0 Å². The van der Waals surface area contributed by atoms with Crippen molar-refractivity contribution in [2.45, 2.75) is 77.9 Å². The first-order valence-corrected chi connectivity index (χ1v) is 15.2. The number of halogens is 2. The van der Waals surface area contributed by atoms with E-state index in [1.165, 1.54) is 6.07 Å². The Morgan fingerprint density at radius 2 is 2.02 bits per heavy atom. The summed E-state index contributed by atoms with van der Waals surface area (Å²) in [6.45, 7) is 4.73. The lowest BCUT2D eigenvalue weighted by Gasteiger charge is -2.45. The van der Waals surface area contributed by atoms with Crippen LogP contribution in [0.2, 0.25) is 5.02 Å². The van der Waals surface area contributed by atoms with Crippen LogP contribution in [0.1, 0.15) is 80.4 Å². The molecular weight excluding hydrogens is 563 g/mol. The lowest BCUT2D eigenvalue weighted by molar-refractivity contribution is -0.152. The summed E-state index contributed by atoms with van der Waals surface area (Å²) in [6.07, 6.45) is 5.59. The van der Waals surface area contributed by atoms with E-state index >= 15 is 4.39 Å². The number of aryl methyl sites for hydroxylation is 1. The minimum absolute atomic E-state index is 0.00367. The van der Waals surface area contributed by atoms with Crippen molar-refractivity contribution in [2.75, 3.05) is 19.6 Å². The molecule has 2 aliphatic carbocycles. The van der Waals surface area contributed by atoms with E-state index in [2.05, 4.69) is 10.3 Å². The van der Waals surface area contributed by atoms with Gasteiger partial charge < -0.3 is 20.3 Å². The fraction of sp³-hybridized carbons (Fsp3) is 0.633. The Balaban J connectivity index is 1.41. The van der Waals surface area contributed by atoms with Crippen LogP contribution in [0.25, 0.3) is 0 Å². The van der Waals surface area contributed by atoms with Gasteiger partial charge in [0.15, 0.2) is 11.6 Å². The Morgan fingerprint density at radius 3 is 2.67 bits per heavy atom. The Hall–Kier alpha value is -3.21. The predicted molar refractivity (Wildman–Crippen MR) is 152 cm³/mol. The zero-order chi connectivity index (χ0) is 30.0. The third-order valence-corrected chi connectivity index (χ3v) is 10.6. The summed E-state index contributed by atoms with van der Waals surface area (Å²) in [6, 6.07) is 0.545. The van der Waals surface area contributed by atoms with Crippen LogP contribution in [0.3, 0.4) is 0 Å². The number of amides is 3. The van der Waals surface area contributed by atoms with Crippen LogP contribution in [0.5, 0.6) is 5.75 Å².